The molecule has 2 nitrogen and oxygen atoms in total. The first kappa shape index (κ1) is 14.1. The van der Waals surface area contributed by atoms with Gasteiger partial charge in [-0.3, -0.25) is 0 Å². The van der Waals surface area contributed by atoms with Gasteiger partial charge in [-0.2, -0.15) is 0 Å². The summed E-state index contributed by atoms with van der Waals surface area (Å²) in [7, 11) is 1.45. The monoisotopic (exact) mass is 286 g/mol. The summed E-state index contributed by atoms with van der Waals surface area (Å²) >= 11 is 0. The fourth-order valence-electron chi connectivity index (χ4n) is 3.17. The highest BCUT2D eigenvalue weighted by atomic mass is 19.1. The molecule has 2 aromatic rings. The van der Waals surface area contributed by atoms with Crippen LogP contribution in [0.15, 0.2) is 36.4 Å². The number of fused-ring (bicyclic) bond motifs is 1. The third kappa shape index (κ3) is 2.42. The fourth-order valence-corrected chi connectivity index (χ4v) is 3.17. The number of rotatable bonds is 3. The number of hydrogen-bond acceptors (Lipinski definition) is 2. The van der Waals surface area contributed by atoms with Crippen molar-refractivity contribution in [2.24, 2.45) is 0 Å². The molecule has 21 heavy (non-hydrogen) atoms. The van der Waals surface area contributed by atoms with Gasteiger partial charge >= 0.3 is 0 Å². The predicted octanol–water partition coefficient (Wildman–Crippen LogP) is 3.52. The maximum absolute atomic E-state index is 14.3. The van der Waals surface area contributed by atoms with Crippen LogP contribution in [0.2, 0.25) is 0 Å². The third-order valence-corrected chi connectivity index (χ3v) is 4.32. The minimum atomic E-state index is -0.992. The molecule has 1 unspecified atom stereocenters. The molecule has 0 saturated carbocycles. The Morgan fingerprint density at radius 3 is 2.86 bits per heavy atom. The summed E-state index contributed by atoms with van der Waals surface area (Å²) in [4.78, 5) is 0. The van der Waals surface area contributed by atoms with Gasteiger partial charge in [-0.05, 0) is 42.5 Å². The number of benzene rings is 2. The molecule has 1 atom stereocenters. The third-order valence-electron chi connectivity index (χ3n) is 4.32. The Morgan fingerprint density at radius 2 is 2.10 bits per heavy atom. The lowest BCUT2D eigenvalue weighted by Gasteiger charge is -2.25. The van der Waals surface area contributed by atoms with Crippen molar-refractivity contribution in [1.29, 1.82) is 0 Å². The van der Waals surface area contributed by atoms with Crippen molar-refractivity contribution >= 4 is 0 Å². The van der Waals surface area contributed by atoms with E-state index in [0.717, 1.165) is 23.1 Å². The van der Waals surface area contributed by atoms with Crippen molar-refractivity contribution < 1.29 is 14.2 Å². The summed E-state index contributed by atoms with van der Waals surface area (Å²) in [5, 5.41) is 11.0. The van der Waals surface area contributed by atoms with Crippen LogP contribution < -0.4 is 4.74 Å². The van der Waals surface area contributed by atoms with E-state index in [4.69, 9.17) is 4.74 Å². The summed E-state index contributed by atoms with van der Waals surface area (Å²) in [5.41, 5.74) is 2.71. The number of aryl methyl sites for hydroxylation is 2. The topological polar surface area (TPSA) is 29.5 Å². The van der Waals surface area contributed by atoms with Gasteiger partial charge in [-0.1, -0.05) is 35.9 Å². The lowest BCUT2D eigenvalue weighted by Crippen LogP contribution is -2.26. The molecule has 110 valence electrons. The van der Waals surface area contributed by atoms with Gasteiger partial charge in [-0.25, -0.2) is 4.39 Å². The first-order valence-corrected chi connectivity index (χ1v) is 7.17. The van der Waals surface area contributed by atoms with Crippen LogP contribution in [0.3, 0.4) is 0 Å². The van der Waals surface area contributed by atoms with Gasteiger partial charge in [0, 0.05) is 6.42 Å². The van der Waals surface area contributed by atoms with Gasteiger partial charge in [0.05, 0.1) is 12.7 Å². The van der Waals surface area contributed by atoms with Gasteiger partial charge in [0.15, 0.2) is 11.6 Å². The number of hydrogen-bond donors (Lipinski definition) is 1. The average Bonchev–Trinajstić information content (AvgIpc) is 2.78. The molecule has 0 amide bonds. The van der Waals surface area contributed by atoms with E-state index in [1.54, 1.807) is 18.2 Å². The molecule has 3 rings (SSSR count). The molecule has 0 heterocycles. The summed E-state index contributed by atoms with van der Waals surface area (Å²) in [5.74, 6) is -0.159. The van der Waals surface area contributed by atoms with Crippen LogP contribution in [-0.4, -0.2) is 12.2 Å². The lowest BCUT2D eigenvalue weighted by atomic mass is 9.88. The Kier molecular flexibility index (Phi) is 3.46. The van der Waals surface area contributed by atoms with Crippen LogP contribution in [0.1, 0.15) is 28.7 Å². The van der Waals surface area contributed by atoms with Gasteiger partial charge in [0.2, 0.25) is 0 Å². The fraction of sp³-hybridized carbons (Fsp3) is 0.333. The standard InChI is InChI=1S/C18H19FO2/c1-12-6-7-13-8-9-18(20,15(13)10-12)11-14-4-3-5-16(21-2)17(14)19/h3-7,10,20H,8-9,11H2,1-2H3. The smallest absolute Gasteiger partial charge is 0.168 e. The molecule has 1 aliphatic rings. The van der Waals surface area contributed by atoms with E-state index in [2.05, 4.69) is 12.1 Å². The normalized spacial score (nSPS) is 20.4. The highest BCUT2D eigenvalue weighted by Crippen LogP contribution is 2.40. The van der Waals surface area contributed by atoms with Gasteiger partial charge in [0.25, 0.3) is 0 Å². The maximum atomic E-state index is 14.3. The van der Waals surface area contributed by atoms with Crippen molar-refractivity contribution in [3.63, 3.8) is 0 Å². The zero-order chi connectivity index (χ0) is 15.0. The van der Waals surface area contributed by atoms with Crippen molar-refractivity contribution in [2.45, 2.75) is 31.8 Å². The summed E-state index contributed by atoms with van der Waals surface area (Å²) < 4.78 is 19.3. The molecule has 0 radical (unpaired) electrons. The number of halogens is 1. The van der Waals surface area contributed by atoms with Crippen LogP contribution in [0.25, 0.3) is 0 Å². The molecular weight excluding hydrogens is 267 g/mol. The number of aliphatic hydroxyl groups is 1. The molecule has 0 fully saturated rings. The van der Waals surface area contributed by atoms with E-state index in [-0.39, 0.29) is 18.0 Å². The van der Waals surface area contributed by atoms with Crippen LogP contribution in [0.4, 0.5) is 4.39 Å². The van der Waals surface area contributed by atoms with Crippen LogP contribution in [0, 0.1) is 12.7 Å². The first-order valence-electron chi connectivity index (χ1n) is 7.17. The number of ether oxygens (including phenoxy) is 1. The second-order valence-electron chi connectivity index (χ2n) is 5.80. The second kappa shape index (κ2) is 5.15. The van der Waals surface area contributed by atoms with E-state index in [9.17, 15) is 9.50 Å². The molecular formula is C18H19FO2. The quantitative estimate of drug-likeness (QED) is 0.935. The Morgan fingerprint density at radius 1 is 1.29 bits per heavy atom. The Hall–Kier alpha value is -1.87. The zero-order valence-electron chi connectivity index (χ0n) is 12.3. The van der Waals surface area contributed by atoms with Gasteiger partial charge < -0.3 is 9.84 Å². The largest absolute Gasteiger partial charge is 0.494 e. The molecule has 3 heteroatoms. The first-order chi connectivity index (χ1) is 10.0. The van der Waals surface area contributed by atoms with Crippen molar-refractivity contribution in [1.82, 2.24) is 0 Å². The van der Waals surface area contributed by atoms with E-state index in [0.29, 0.717) is 12.0 Å². The highest BCUT2D eigenvalue weighted by Gasteiger charge is 2.37. The lowest BCUT2D eigenvalue weighted by molar-refractivity contribution is 0.0380. The summed E-state index contributed by atoms with van der Waals surface area (Å²) in [6.45, 7) is 2.01. The second-order valence-corrected chi connectivity index (χ2v) is 5.80. The molecule has 0 spiro atoms. The average molecular weight is 286 g/mol. The Balaban J connectivity index is 1.98. The van der Waals surface area contributed by atoms with E-state index in [1.807, 2.05) is 13.0 Å². The summed E-state index contributed by atoms with van der Waals surface area (Å²) in [6.07, 6.45) is 1.73. The van der Waals surface area contributed by atoms with Crippen molar-refractivity contribution in [3.05, 3.63) is 64.5 Å². The van der Waals surface area contributed by atoms with E-state index in [1.165, 1.54) is 7.11 Å². The minimum Gasteiger partial charge on any atom is -0.494 e. The predicted molar refractivity (Wildman–Crippen MR) is 80.1 cm³/mol. The summed E-state index contributed by atoms with van der Waals surface area (Å²) in [6, 6.07) is 11.2. The van der Waals surface area contributed by atoms with E-state index < -0.39 is 5.60 Å². The van der Waals surface area contributed by atoms with Crippen LogP contribution in [0.5, 0.6) is 5.75 Å². The van der Waals surface area contributed by atoms with Crippen molar-refractivity contribution in [2.75, 3.05) is 7.11 Å². The SMILES string of the molecule is COc1cccc(CC2(O)CCc3ccc(C)cc32)c1F. The van der Waals surface area contributed by atoms with Crippen molar-refractivity contribution in [3.8, 4) is 5.75 Å². The zero-order valence-corrected chi connectivity index (χ0v) is 12.3. The minimum absolute atomic E-state index is 0.221. The van der Waals surface area contributed by atoms with E-state index >= 15 is 0 Å². The Labute approximate surface area is 124 Å². The Bertz CT molecular complexity index is 681. The molecule has 0 aliphatic heterocycles. The van der Waals surface area contributed by atoms with Gasteiger partial charge in [-0.15, -0.1) is 0 Å². The molecule has 1 N–H and O–H groups in total. The van der Waals surface area contributed by atoms with Gasteiger partial charge in [0.1, 0.15) is 0 Å². The molecule has 1 aliphatic carbocycles. The molecule has 0 saturated heterocycles. The molecule has 2 aromatic carbocycles. The van der Waals surface area contributed by atoms with Crippen LogP contribution >= 0.6 is 0 Å². The highest BCUT2D eigenvalue weighted by molar-refractivity contribution is 5.42. The molecule has 0 aromatic heterocycles. The molecule has 0 bridgehead atoms. The van der Waals surface area contributed by atoms with Crippen LogP contribution in [-0.2, 0) is 18.4 Å². The number of methoxy groups -OCH3 is 1. The maximum Gasteiger partial charge on any atom is 0.168 e.